The molecule has 0 aliphatic carbocycles. The van der Waals surface area contributed by atoms with E-state index in [2.05, 4.69) is 75.0 Å². The van der Waals surface area contributed by atoms with Gasteiger partial charge in [-0.05, 0) is 42.5 Å². The van der Waals surface area contributed by atoms with Crippen LogP contribution in [0, 0.1) is 6.92 Å². The van der Waals surface area contributed by atoms with Crippen LogP contribution in [0.4, 0.5) is 0 Å². The van der Waals surface area contributed by atoms with Gasteiger partial charge in [-0.2, -0.15) is 0 Å². The lowest BCUT2D eigenvalue weighted by Crippen LogP contribution is -1.94. The second kappa shape index (κ2) is 6.19. The minimum atomic E-state index is 0.915. The quantitative estimate of drug-likeness (QED) is 0.636. The molecule has 0 N–H and O–H groups in total. The van der Waals surface area contributed by atoms with Crippen LogP contribution in [-0.2, 0) is 0 Å². The molecule has 0 atom stereocenters. The fourth-order valence-corrected chi connectivity index (χ4v) is 2.41. The molecule has 0 heterocycles. The molecule has 0 bridgehead atoms. The van der Waals surface area contributed by atoms with E-state index in [1.165, 1.54) is 27.8 Å². The lowest BCUT2D eigenvalue weighted by molar-refractivity contribution is 1.21. The van der Waals surface area contributed by atoms with Crippen molar-refractivity contribution < 1.29 is 0 Å². The molecule has 2 aromatic carbocycles. The number of allylic oxidation sites excluding steroid dienone is 2. The maximum Gasteiger partial charge on any atom is -0.0116 e. The van der Waals surface area contributed by atoms with Crippen molar-refractivity contribution in [2.45, 2.75) is 20.3 Å². The number of hydrogen-bond donors (Lipinski definition) is 0. The highest BCUT2D eigenvalue weighted by atomic mass is 14.1. The van der Waals surface area contributed by atoms with Crippen molar-refractivity contribution in [3.63, 3.8) is 0 Å². The van der Waals surface area contributed by atoms with Gasteiger partial charge in [0, 0.05) is 0 Å². The van der Waals surface area contributed by atoms with Crippen LogP contribution in [0.25, 0.3) is 5.57 Å². The molecule has 0 unspecified atom stereocenters. The van der Waals surface area contributed by atoms with E-state index in [1.54, 1.807) is 0 Å². The molecule has 0 radical (unpaired) electrons. The first-order chi connectivity index (χ1) is 9.24. The Morgan fingerprint density at radius 1 is 1.00 bits per heavy atom. The molecule has 0 saturated carbocycles. The zero-order valence-corrected chi connectivity index (χ0v) is 11.7. The Kier molecular flexibility index (Phi) is 4.35. The van der Waals surface area contributed by atoms with Crippen LogP contribution in [0.15, 0.2) is 72.8 Å². The second-order valence-electron chi connectivity index (χ2n) is 4.83. The van der Waals surface area contributed by atoms with Gasteiger partial charge in [-0.3, -0.25) is 0 Å². The van der Waals surface area contributed by atoms with Crippen molar-refractivity contribution in [2.24, 2.45) is 0 Å². The first kappa shape index (κ1) is 13.4. The topological polar surface area (TPSA) is 0 Å². The Hall–Kier alpha value is -2.08. The Bertz CT molecular complexity index is 588. The summed E-state index contributed by atoms with van der Waals surface area (Å²) >= 11 is 0. The normalized spacial score (nSPS) is 11.9. The maximum absolute atomic E-state index is 3.86. The van der Waals surface area contributed by atoms with Crippen molar-refractivity contribution in [3.8, 4) is 0 Å². The smallest absolute Gasteiger partial charge is 0.0116 e. The summed E-state index contributed by atoms with van der Waals surface area (Å²) in [5, 5.41) is 0. The van der Waals surface area contributed by atoms with Gasteiger partial charge in [0.2, 0.25) is 0 Å². The van der Waals surface area contributed by atoms with Gasteiger partial charge in [0.15, 0.2) is 0 Å². The van der Waals surface area contributed by atoms with E-state index in [4.69, 9.17) is 0 Å². The fraction of sp³-hybridized carbons (Fsp3) is 0.158. The van der Waals surface area contributed by atoms with Crippen LogP contribution in [0.2, 0.25) is 0 Å². The molecular formula is C19H20. The third kappa shape index (κ3) is 3.03. The summed E-state index contributed by atoms with van der Waals surface area (Å²) in [4.78, 5) is 0. The van der Waals surface area contributed by atoms with E-state index in [0.29, 0.717) is 0 Å². The summed E-state index contributed by atoms with van der Waals surface area (Å²) in [7, 11) is 0. The Morgan fingerprint density at radius 2 is 1.63 bits per heavy atom. The van der Waals surface area contributed by atoms with Crippen LogP contribution < -0.4 is 0 Å². The van der Waals surface area contributed by atoms with Crippen LogP contribution in [0.3, 0.4) is 0 Å². The minimum Gasteiger partial charge on any atom is -0.103 e. The van der Waals surface area contributed by atoms with Crippen LogP contribution >= 0.6 is 0 Å². The molecule has 0 nitrogen and oxygen atoms in total. The molecule has 0 fully saturated rings. The van der Waals surface area contributed by atoms with Gasteiger partial charge in [-0.1, -0.05) is 66.2 Å². The number of rotatable bonds is 4. The third-order valence-corrected chi connectivity index (χ3v) is 3.35. The van der Waals surface area contributed by atoms with Gasteiger partial charge >= 0.3 is 0 Å². The molecule has 96 valence electrons. The van der Waals surface area contributed by atoms with Crippen molar-refractivity contribution in [2.75, 3.05) is 0 Å². The molecule has 0 amide bonds. The van der Waals surface area contributed by atoms with Crippen LogP contribution in [0.5, 0.6) is 0 Å². The number of hydrogen-bond acceptors (Lipinski definition) is 0. The standard InChI is InChI=1S/C19H20/c1-4-10-16(3)19(17-12-6-5-7-13-17)18-14-9-8-11-15(18)2/h4-9,11-14H,1,10H2,2-3H3/b19-16-. The maximum atomic E-state index is 3.86. The van der Waals surface area contributed by atoms with Gasteiger partial charge in [-0.25, -0.2) is 0 Å². The summed E-state index contributed by atoms with van der Waals surface area (Å²) in [6.45, 7) is 8.22. The molecule has 0 aromatic heterocycles. The van der Waals surface area contributed by atoms with E-state index < -0.39 is 0 Å². The van der Waals surface area contributed by atoms with Gasteiger partial charge in [0.25, 0.3) is 0 Å². The first-order valence-electron chi connectivity index (χ1n) is 6.66. The van der Waals surface area contributed by atoms with Crippen LogP contribution in [0.1, 0.15) is 30.0 Å². The van der Waals surface area contributed by atoms with E-state index in [1.807, 2.05) is 6.08 Å². The molecule has 2 rings (SSSR count). The van der Waals surface area contributed by atoms with Gasteiger partial charge in [0.1, 0.15) is 0 Å². The van der Waals surface area contributed by atoms with E-state index in [9.17, 15) is 0 Å². The monoisotopic (exact) mass is 248 g/mol. The molecule has 0 aliphatic rings. The highest BCUT2D eigenvalue weighted by molar-refractivity contribution is 5.83. The summed E-state index contributed by atoms with van der Waals surface area (Å²) in [5.74, 6) is 0. The summed E-state index contributed by atoms with van der Waals surface area (Å²) in [5.41, 5.74) is 6.59. The zero-order valence-electron chi connectivity index (χ0n) is 11.7. The van der Waals surface area contributed by atoms with Crippen molar-refractivity contribution in [1.29, 1.82) is 0 Å². The Morgan fingerprint density at radius 3 is 2.26 bits per heavy atom. The average molecular weight is 248 g/mol. The van der Waals surface area contributed by atoms with E-state index >= 15 is 0 Å². The van der Waals surface area contributed by atoms with E-state index in [0.717, 1.165) is 6.42 Å². The third-order valence-electron chi connectivity index (χ3n) is 3.35. The molecular weight excluding hydrogens is 228 g/mol. The van der Waals surface area contributed by atoms with Crippen molar-refractivity contribution in [1.82, 2.24) is 0 Å². The minimum absolute atomic E-state index is 0.915. The number of benzene rings is 2. The molecule has 0 spiro atoms. The van der Waals surface area contributed by atoms with Crippen LogP contribution in [-0.4, -0.2) is 0 Å². The zero-order chi connectivity index (χ0) is 13.7. The molecule has 2 aromatic rings. The largest absolute Gasteiger partial charge is 0.103 e. The molecule has 0 saturated heterocycles. The molecule has 0 heteroatoms. The summed E-state index contributed by atoms with van der Waals surface area (Å²) in [6, 6.07) is 19.1. The van der Waals surface area contributed by atoms with E-state index in [-0.39, 0.29) is 0 Å². The SMILES string of the molecule is C=CC/C(C)=C(/c1ccccc1)c1ccccc1C. The van der Waals surface area contributed by atoms with Crippen molar-refractivity contribution >= 4 is 5.57 Å². The predicted octanol–water partition coefficient (Wildman–Crippen LogP) is 5.39. The van der Waals surface area contributed by atoms with Crippen molar-refractivity contribution in [3.05, 3.63) is 89.5 Å². The lowest BCUT2D eigenvalue weighted by Gasteiger charge is -2.15. The highest BCUT2D eigenvalue weighted by Crippen LogP contribution is 2.30. The van der Waals surface area contributed by atoms with Gasteiger partial charge < -0.3 is 0 Å². The Balaban J connectivity index is 2.63. The average Bonchev–Trinajstić information content (AvgIpc) is 2.43. The lowest BCUT2D eigenvalue weighted by atomic mass is 9.90. The summed E-state index contributed by atoms with van der Waals surface area (Å²) < 4.78 is 0. The fourth-order valence-electron chi connectivity index (χ4n) is 2.41. The number of aryl methyl sites for hydroxylation is 1. The first-order valence-corrected chi connectivity index (χ1v) is 6.66. The summed E-state index contributed by atoms with van der Waals surface area (Å²) in [6.07, 6.45) is 2.88. The second-order valence-corrected chi connectivity index (χ2v) is 4.83. The van der Waals surface area contributed by atoms with Gasteiger partial charge in [-0.15, -0.1) is 6.58 Å². The molecule has 19 heavy (non-hydrogen) atoms. The Labute approximate surface area is 116 Å². The predicted molar refractivity (Wildman–Crippen MR) is 84.1 cm³/mol. The molecule has 0 aliphatic heterocycles. The highest BCUT2D eigenvalue weighted by Gasteiger charge is 2.10. The van der Waals surface area contributed by atoms with Gasteiger partial charge in [0.05, 0.1) is 0 Å².